The van der Waals surface area contributed by atoms with Gasteiger partial charge in [0.2, 0.25) is 0 Å². The Morgan fingerprint density at radius 1 is 1.44 bits per heavy atom. The Bertz CT molecular complexity index is 541. The number of carbonyl (C=O) groups excluding carboxylic acids is 1. The molecule has 4 heteroatoms. The Hall–Kier alpha value is -1.42. The molecule has 0 amide bonds. The summed E-state index contributed by atoms with van der Waals surface area (Å²) in [4.78, 5) is 14.4. The molecule has 0 bridgehead atoms. The summed E-state index contributed by atoms with van der Waals surface area (Å²) in [5.74, 6) is 1.16. The predicted molar refractivity (Wildman–Crippen MR) is 61.0 cm³/mol. The predicted octanol–water partition coefficient (Wildman–Crippen LogP) is 2.96. The number of carbonyl (C=O) groups is 1. The van der Waals surface area contributed by atoms with Crippen LogP contribution in [-0.4, -0.2) is 10.9 Å². The molecule has 0 aliphatic heterocycles. The molecule has 1 atom stereocenters. The maximum atomic E-state index is 11.8. The largest absolute Gasteiger partial charge is 0.361 e. The molecule has 0 N–H and O–H groups in total. The van der Waals surface area contributed by atoms with E-state index in [0.717, 1.165) is 12.2 Å². The maximum Gasteiger partial charge on any atom is 0.168 e. The van der Waals surface area contributed by atoms with E-state index in [1.807, 2.05) is 0 Å². The van der Waals surface area contributed by atoms with Crippen molar-refractivity contribution in [2.24, 2.45) is 0 Å². The standard InChI is InChI=1S/C12H11NO2S/c1-7-2-3-12(16-7)8-4-10(14)9-6-13-15-11(9)5-8/h2-3,6,8H,4-5H2,1H3. The molecular formula is C12H11NO2S. The van der Waals surface area contributed by atoms with E-state index in [2.05, 4.69) is 24.2 Å². The lowest BCUT2D eigenvalue weighted by atomic mass is 9.87. The first-order valence-corrected chi connectivity index (χ1v) is 6.09. The van der Waals surface area contributed by atoms with Crippen molar-refractivity contribution in [2.45, 2.75) is 25.7 Å². The second-order valence-electron chi connectivity index (χ2n) is 4.14. The third-order valence-electron chi connectivity index (χ3n) is 2.97. The van der Waals surface area contributed by atoms with Crippen LogP contribution >= 0.6 is 11.3 Å². The summed E-state index contributed by atoms with van der Waals surface area (Å²) < 4.78 is 5.12. The average Bonchev–Trinajstić information content (AvgIpc) is 2.85. The first-order valence-electron chi connectivity index (χ1n) is 5.27. The molecule has 0 radical (unpaired) electrons. The number of aryl methyl sites for hydroxylation is 1. The van der Waals surface area contributed by atoms with Gasteiger partial charge in [0.05, 0.1) is 11.8 Å². The van der Waals surface area contributed by atoms with Gasteiger partial charge in [0.1, 0.15) is 5.76 Å². The first-order chi connectivity index (χ1) is 7.74. The molecular weight excluding hydrogens is 222 g/mol. The number of nitrogens with zero attached hydrogens (tertiary/aromatic N) is 1. The second kappa shape index (κ2) is 3.56. The number of rotatable bonds is 1. The highest BCUT2D eigenvalue weighted by molar-refractivity contribution is 7.12. The zero-order valence-corrected chi connectivity index (χ0v) is 9.71. The smallest absolute Gasteiger partial charge is 0.168 e. The van der Waals surface area contributed by atoms with Crippen molar-refractivity contribution < 1.29 is 9.32 Å². The fourth-order valence-corrected chi connectivity index (χ4v) is 3.12. The molecule has 3 rings (SSSR count). The number of ketones is 1. The van der Waals surface area contributed by atoms with Crippen LogP contribution in [0.3, 0.4) is 0 Å². The molecule has 1 aliphatic carbocycles. The number of aromatic nitrogens is 1. The normalized spacial score (nSPS) is 19.8. The highest BCUT2D eigenvalue weighted by atomic mass is 32.1. The topological polar surface area (TPSA) is 43.1 Å². The van der Waals surface area contributed by atoms with E-state index in [-0.39, 0.29) is 11.7 Å². The van der Waals surface area contributed by atoms with E-state index in [4.69, 9.17) is 4.52 Å². The molecule has 16 heavy (non-hydrogen) atoms. The van der Waals surface area contributed by atoms with Crippen molar-refractivity contribution in [2.75, 3.05) is 0 Å². The molecule has 0 fully saturated rings. The van der Waals surface area contributed by atoms with Crippen molar-refractivity contribution in [3.05, 3.63) is 39.4 Å². The van der Waals surface area contributed by atoms with Gasteiger partial charge in [-0.15, -0.1) is 11.3 Å². The number of hydrogen-bond acceptors (Lipinski definition) is 4. The van der Waals surface area contributed by atoms with Gasteiger partial charge in [-0.3, -0.25) is 4.79 Å². The SMILES string of the molecule is Cc1ccc(C2CC(=O)c3cnoc3C2)s1. The van der Waals surface area contributed by atoms with Crippen LogP contribution in [0.5, 0.6) is 0 Å². The molecule has 0 aromatic carbocycles. The summed E-state index contributed by atoms with van der Waals surface area (Å²) in [5, 5.41) is 3.70. The molecule has 1 aliphatic rings. The van der Waals surface area contributed by atoms with Crippen LogP contribution in [0.25, 0.3) is 0 Å². The van der Waals surface area contributed by atoms with Crippen molar-refractivity contribution in [1.82, 2.24) is 5.16 Å². The van der Waals surface area contributed by atoms with Gasteiger partial charge in [-0.1, -0.05) is 5.16 Å². The van der Waals surface area contributed by atoms with Crippen LogP contribution in [0, 0.1) is 6.92 Å². The van der Waals surface area contributed by atoms with Gasteiger partial charge in [-0.05, 0) is 19.1 Å². The Labute approximate surface area is 97.1 Å². The zero-order chi connectivity index (χ0) is 11.1. The molecule has 82 valence electrons. The Balaban J connectivity index is 1.94. The number of fused-ring (bicyclic) bond motifs is 1. The quantitative estimate of drug-likeness (QED) is 0.760. The van der Waals surface area contributed by atoms with E-state index >= 15 is 0 Å². The summed E-state index contributed by atoms with van der Waals surface area (Å²) in [7, 11) is 0. The maximum absolute atomic E-state index is 11.8. The summed E-state index contributed by atoms with van der Waals surface area (Å²) in [6, 6.07) is 4.21. The summed E-state index contributed by atoms with van der Waals surface area (Å²) in [6.45, 7) is 2.08. The third kappa shape index (κ3) is 1.50. The summed E-state index contributed by atoms with van der Waals surface area (Å²) in [6.07, 6.45) is 2.91. The highest BCUT2D eigenvalue weighted by Crippen LogP contribution is 2.35. The van der Waals surface area contributed by atoms with Gasteiger partial charge in [0.25, 0.3) is 0 Å². The van der Waals surface area contributed by atoms with Crippen LogP contribution in [0.15, 0.2) is 22.9 Å². The third-order valence-corrected chi connectivity index (χ3v) is 4.14. The monoisotopic (exact) mass is 233 g/mol. The lowest BCUT2D eigenvalue weighted by Crippen LogP contribution is -2.16. The lowest BCUT2D eigenvalue weighted by molar-refractivity contribution is 0.0960. The molecule has 1 unspecified atom stereocenters. The van der Waals surface area contributed by atoms with Gasteiger partial charge < -0.3 is 4.52 Å². The van der Waals surface area contributed by atoms with Gasteiger partial charge in [0, 0.05) is 28.5 Å². The highest BCUT2D eigenvalue weighted by Gasteiger charge is 2.29. The van der Waals surface area contributed by atoms with Crippen molar-refractivity contribution in [1.29, 1.82) is 0 Å². The van der Waals surface area contributed by atoms with E-state index < -0.39 is 0 Å². The van der Waals surface area contributed by atoms with Gasteiger partial charge in [-0.2, -0.15) is 0 Å². The fraction of sp³-hybridized carbons (Fsp3) is 0.333. The van der Waals surface area contributed by atoms with Crippen LogP contribution in [0.2, 0.25) is 0 Å². The van der Waals surface area contributed by atoms with Gasteiger partial charge >= 0.3 is 0 Å². The van der Waals surface area contributed by atoms with Crippen LogP contribution < -0.4 is 0 Å². The van der Waals surface area contributed by atoms with E-state index in [1.54, 1.807) is 11.3 Å². The summed E-state index contributed by atoms with van der Waals surface area (Å²) >= 11 is 1.76. The second-order valence-corrected chi connectivity index (χ2v) is 5.46. The Morgan fingerprint density at radius 2 is 2.31 bits per heavy atom. The lowest BCUT2D eigenvalue weighted by Gasteiger charge is -2.17. The number of hydrogen-bond donors (Lipinski definition) is 0. The zero-order valence-electron chi connectivity index (χ0n) is 8.90. The minimum atomic E-state index is 0.151. The molecule has 0 saturated carbocycles. The molecule has 0 spiro atoms. The van der Waals surface area contributed by atoms with Crippen molar-refractivity contribution in [3.63, 3.8) is 0 Å². The summed E-state index contributed by atoms with van der Waals surface area (Å²) in [5.41, 5.74) is 0.671. The van der Waals surface area contributed by atoms with E-state index in [0.29, 0.717) is 12.0 Å². The number of Topliss-reactive ketones (excluding diaryl/α,β-unsaturated/α-hetero) is 1. The molecule has 0 saturated heterocycles. The average molecular weight is 233 g/mol. The van der Waals surface area contributed by atoms with E-state index in [9.17, 15) is 4.79 Å². The molecule has 2 aromatic heterocycles. The van der Waals surface area contributed by atoms with Crippen molar-refractivity contribution >= 4 is 17.1 Å². The molecule has 2 aromatic rings. The first kappa shape index (κ1) is 9.78. The van der Waals surface area contributed by atoms with Crippen molar-refractivity contribution in [3.8, 4) is 0 Å². The van der Waals surface area contributed by atoms with Crippen LogP contribution in [0.4, 0.5) is 0 Å². The van der Waals surface area contributed by atoms with Crippen LogP contribution in [-0.2, 0) is 6.42 Å². The van der Waals surface area contributed by atoms with Crippen LogP contribution in [0.1, 0.15) is 38.2 Å². The Kier molecular flexibility index (Phi) is 2.17. The van der Waals surface area contributed by atoms with Gasteiger partial charge in [-0.25, -0.2) is 0 Å². The van der Waals surface area contributed by atoms with E-state index in [1.165, 1.54) is 16.0 Å². The number of thiophene rings is 1. The van der Waals surface area contributed by atoms with Gasteiger partial charge in [0.15, 0.2) is 5.78 Å². The molecule has 3 nitrogen and oxygen atoms in total. The Morgan fingerprint density at radius 3 is 3.06 bits per heavy atom. The minimum Gasteiger partial charge on any atom is -0.361 e. The molecule has 2 heterocycles. The fourth-order valence-electron chi connectivity index (χ4n) is 2.14. The minimum absolute atomic E-state index is 0.151.